The Morgan fingerprint density at radius 3 is 2.93 bits per heavy atom. The van der Waals surface area contributed by atoms with Crippen LogP contribution >= 0.6 is 0 Å². The van der Waals surface area contributed by atoms with Gasteiger partial charge in [-0.2, -0.15) is 0 Å². The first-order chi connectivity index (χ1) is 7.15. The molecule has 0 radical (unpaired) electrons. The molecule has 0 aliphatic carbocycles. The third-order valence-corrected chi connectivity index (χ3v) is 2.03. The molecule has 0 saturated carbocycles. The SMILES string of the molecule is CCn1ccnc(NCC=C(C)C)c1=O. The van der Waals surface area contributed by atoms with Crippen LogP contribution in [0.2, 0.25) is 0 Å². The van der Waals surface area contributed by atoms with E-state index < -0.39 is 0 Å². The number of rotatable bonds is 4. The van der Waals surface area contributed by atoms with Crippen LogP contribution in [0.25, 0.3) is 0 Å². The van der Waals surface area contributed by atoms with Gasteiger partial charge in [-0.15, -0.1) is 0 Å². The molecule has 15 heavy (non-hydrogen) atoms. The van der Waals surface area contributed by atoms with Crippen molar-refractivity contribution in [3.05, 3.63) is 34.4 Å². The summed E-state index contributed by atoms with van der Waals surface area (Å²) >= 11 is 0. The van der Waals surface area contributed by atoms with Crippen molar-refractivity contribution in [2.45, 2.75) is 27.3 Å². The number of anilines is 1. The zero-order valence-corrected chi connectivity index (χ0v) is 9.45. The summed E-state index contributed by atoms with van der Waals surface area (Å²) in [4.78, 5) is 15.7. The summed E-state index contributed by atoms with van der Waals surface area (Å²) in [6, 6.07) is 0. The van der Waals surface area contributed by atoms with E-state index in [0.717, 1.165) is 0 Å². The molecule has 82 valence electrons. The Hall–Kier alpha value is -1.58. The van der Waals surface area contributed by atoms with Gasteiger partial charge in [0.15, 0.2) is 5.82 Å². The molecule has 0 aliphatic heterocycles. The molecule has 4 nitrogen and oxygen atoms in total. The second-order valence-electron chi connectivity index (χ2n) is 3.53. The predicted molar refractivity (Wildman–Crippen MR) is 62.1 cm³/mol. The van der Waals surface area contributed by atoms with E-state index in [0.29, 0.717) is 18.9 Å². The van der Waals surface area contributed by atoms with E-state index in [1.807, 2.05) is 26.8 Å². The quantitative estimate of drug-likeness (QED) is 0.763. The first kappa shape index (κ1) is 11.5. The number of nitrogens with one attached hydrogen (secondary N) is 1. The van der Waals surface area contributed by atoms with Crippen LogP contribution in [0.4, 0.5) is 5.82 Å². The number of aryl methyl sites for hydroxylation is 1. The van der Waals surface area contributed by atoms with E-state index in [9.17, 15) is 4.79 Å². The minimum absolute atomic E-state index is 0.0674. The lowest BCUT2D eigenvalue weighted by atomic mass is 10.3. The molecule has 0 atom stereocenters. The van der Waals surface area contributed by atoms with Crippen LogP contribution in [0.15, 0.2) is 28.8 Å². The van der Waals surface area contributed by atoms with Crippen molar-refractivity contribution in [2.24, 2.45) is 0 Å². The Labute approximate surface area is 89.7 Å². The molecular formula is C11H17N3O. The first-order valence-electron chi connectivity index (χ1n) is 5.07. The van der Waals surface area contributed by atoms with Crippen molar-refractivity contribution < 1.29 is 0 Å². The monoisotopic (exact) mass is 207 g/mol. The van der Waals surface area contributed by atoms with Gasteiger partial charge in [-0.3, -0.25) is 4.79 Å². The highest BCUT2D eigenvalue weighted by Crippen LogP contribution is 1.94. The fourth-order valence-electron chi connectivity index (χ4n) is 1.17. The molecule has 0 aromatic carbocycles. The van der Waals surface area contributed by atoms with Crippen molar-refractivity contribution >= 4 is 5.82 Å². The van der Waals surface area contributed by atoms with Gasteiger partial charge in [-0.25, -0.2) is 4.98 Å². The number of hydrogen-bond acceptors (Lipinski definition) is 3. The Balaban J connectivity index is 2.78. The summed E-state index contributed by atoms with van der Waals surface area (Å²) in [5, 5.41) is 3.00. The minimum atomic E-state index is -0.0674. The van der Waals surface area contributed by atoms with Crippen molar-refractivity contribution in [2.75, 3.05) is 11.9 Å². The van der Waals surface area contributed by atoms with Crippen LogP contribution in [-0.2, 0) is 6.54 Å². The van der Waals surface area contributed by atoms with Gasteiger partial charge in [0.2, 0.25) is 0 Å². The van der Waals surface area contributed by atoms with E-state index in [4.69, 9.17) is 0 Å². The highest BCUT2D eigenvalue weighted by atomic mass is 16.1. The highest BCUT2D eigenvalue weighted by Gasteiger charge is 2.00. The smallest absolute Gasteiger partial charge is 0.293 e. The maximum Gasteiger partial charge on any atom is 0.293 e. The number of hydrogen-bond donors (Lipinski definition) is 1. The second-order valence-corrected chi connectivity index (χ2v) is 3.53. The number of aromatic nitrogens is 2. The molecule has 1 aromatic rings. The average molecular weight is 207 g/mol. The number of allylic oxidation sites excluding steroid dienone is 1. The van der Waals surface area contributed by atoms with Crippen LogP contribution in [0, 0.1) is 0 Å². The Bertz CT molecular complexity index is 403. The van der Waals surface area contributed by atoms with Gasteiger partial charge in [0.05, 0.1) is 0 Å². The Kier molecular flexibility index (Phi) is 4.09. The maximum atomic E-state index is 11.7. The highest BCUT2D eigenvalue weighted by molar-refractivity contribution is 5.31. The summed E-state index contributed by atoms with van der Waals surface area (Å²) < 4.78 is 1.62. The van der Waals surface area contributed by atoms with Crippen molar-refractivity contribution in [3.8, 4) is 0 Å². The fourth-order valence-corrected chi connectivity index (χ4v) is 1.17. The topological polar surface area (TPSA) is 46.9 Å². The Morgan fingerprint density at radius 1 is 1.60 bits per heavy atom. The molecule has 0 spiro atoms. The molecular weight excluding hydrogens is 190 g/mol. The minimum Gasteiger partial charge on any atom is -0.362 e. The average Bonchev–Trinajstić information content (AvgIpc) is 2.20. The molecule has 4 heteroatoms. The van der Waals surface area contributed by atoms with Crippen molar-refractivity contribution in [1.82, 2.24) is 9.55 Å². The summed E-state index contributed by atoms with van der Waals surface area (Å²) in [7, 11) is 0. The zero-order chi connectivity index (χ0) is 11.3. The van der Waals surface area contributed by atoms with Crippen molar-refractivity contribution in [1.29, 1.82) is 0 Å². The van der Waals surface area contributed by atoms with E-state index in [2.05, 4.69) is 10.3 Å². The fraction of sp³-hybridized carbons (Fsp3) is 0.455. The molecule has 1 aromatic heterocycles. The molecule has 0 unspecified atom stereocenters. The molecule has 1 heterocycles. The lowest BCUT2D eigenvalue weighted by Gasteiger charge is -2.05. The summed E-state index contributed by atoms with van der Waals surface area (Å²) in [5.41, 5.74) is 1.15. The van der Waals surface area contributed by atoms with Gasteiger partial charge in [0, 0.05) is 25.5 Å². The van der Waals surface area contributed by atoms with Gasteiger partial charge >= 0.3 is 0 Å². The first-order valence-corrected chi connectivity index (χ1v) is 5.07. The van der Waals surface area contributed by atoms with Crippen LogP contribution in [-0.4, -0.2) is 16.1 Å². The largest absolute Gasteiger partial charge is 0.362 e. The summed E-state index contributed by atoms with van der Waals surface area (Å²) in [6.07, 6.45) is 5.34. The standard InChI is InChI=1S/C11H17N3O/c1-4-14-8-7-13-10(11(14)15)12-6-5-9(2)3/h5,7-8H,4,6H2,1-3H3,(H,12,13). The normalized spacial score (nSPS) is 9.80. The van der Waals surface area contributed by atoms with Crippen LogP contribution in [0.1, 0.15) is 20.8 Å². The van der Waals surface area contributed by atoms with Gasteiger partial charge in [-0.05, 0) is 20.8 Å². The van der Waals surface area contributed by atoms with Gasteiger partial charge in [0.1, 0.15) is 0 Å². The van der Waals surface area contributed by atoms with E-state index in [-0.39, 0.29) is 5.56 Å². The van der Waals surface area contributed by atoms with Gasteiger partial charge in [-0.1, -0.05) is 11.6 Å². The Morgan fingerprint density at radius 2 is 2.33 bits per heavy atom. The lowest BCUT2D eigenvalue weighted by molar-refractivity contribution is 0.719. The van der Waals surface area contributed by atoms with E-state index in [1.165, 1.54) is 5.57 Å². The predicted octanol–water partition coefficient (Wildman–Crippen LogP) is 1.64. The molecule has 0 saturated heterocycles. The molecule has 1 rings (SSSR count). The third kappa shape index (κ3) is 3.23. The maximum absolute atomic E-state index is 11.7. The third-order valence-electron chi connectivity index (χ3n) is 2.03. The molecule has 0 fully saturated rings. The van der Waals surface area contributed by atoms with E-state index in [1.54, 1.807) is 17.0 Å². The van der Waals surface area contributed by atoms with Crippen LogP contribution < -0.4 is 10.9 Å². The molecule has 0 amide bonds. The van der Waals surface area contributed by atoms with Gasteiger partial charge < -0.3 is 9.88 Å². The lowest BCUT2D eigenvalue weighted by Crippen LogP contribution is -2.23. The second kappa shape index (κ2) is 5.34. The van der Waals surface area contributed by atoms with Crippen molar-refractivity contribution in [3.63, 3.8) is 0 Å². The summed E-state index contributed by atoms with van der Waals surface area (Å²) in [5.74, 6) is 0.414. The molecule has 0 bridgehead atoms. The number of nitrogens with zero attached hydrogens (tertiary/aromatic N) is 2. The molecule has 1 N–H and O–H groups in total. The van der Waals surface area contributed by atoms with Crippen LogP contribution in [0.3, 0.4) is 0 Å². The summed E-state index contributed by atoms with van der Waals surface area (Å²) in [6.45, 7) is 7.27. The van der Waals surface area contributed by atoms with E-state index >= 15 is 0 Å². The zero-order valence-electron chi connectivity index (χ0n) is 9.45. The molecule has 0 aliphatic rings. The van der Waals surface area contributed by atoms with Gasteiger partial charge in [0.25, 0.3) is 5.56 Å². The van der Waals surface area contributed by atoms with Crippen LogP contribution in [0.5, 0.6) is 0 Å².